The Balaban J connectivity index is 1.93. The fraction of sp³-hybridized carbons (Fsp3) is 0.579. The van der Waals surface area contributed by atoms with E-state index in [-0.39, 0.29) is 18.4 Å². The molecule has 1 N–H and O–H groups in total. The Morgan fingerprint density at radius 2 is 1.96 bits per heavy atom. The molecule has 1 spiro atoms. The summed E-state index contributed by atoms with van der Waals surface area (Å²) in [6, 6.07) is 4.18. The summed E-state index contributed by atoms with van der Waals surface area (Å²) in [5, 5.41) is 3.61. The summed E-state index contributed by atoms with van der Waals surface area (Å²) < 4.78 is 6.09. The molecule has 1 saturated heterocycles. The Bertz CT molecular complexity index is 689. The average molecular weight is 399 g/mol. The van der Waals surface area contributed by atoms with E-state index < -0.39 is 11.8 Å². The van der Waals surface area contributed by atoms with Crippen molar-refractivity contribution in [3.63, 3.8) is 0 Å². The van der Waals surface area contributed by atoms with Crippen LogP contribution in [-0.2, 0) is 9.53 Å². The molecule has 1 aliphatic heterocycles. The van der Waals surface area contributed by atoms with Crippen LogP contribution in [0.1, 0.15) is 55.8 Å². The molecule has 5 nitrogen and oxygen atoms in total. The lowest BCUT2D eigenvalue weighted by atomic mass is 9.89. The van der Waals surface area contributed by atoms with Gasteiger partial charge >= 0.3 is 0 Å². The highest BCUT2D eigenvalue weighted by Crippen LogP contribution is 2.41. The van der Waals surface area contributed by atoms with Crippen molar-refractivity contribution in [2.75, 3.05) is 13.2 Å². The number of halogens is 2. The predicted molar refractivity (Wildman–Crippen MR) is 101 cm³/mol. The van der Waals surface area contributed by atoms with Gasteiger partial charge in [-0.2, -0.15) is 0 Å². The predicted octanol–water partition coefficient (Wildman–Crippen LogP) is 4.02. The van der Waals surface area contributed by atoms with Crippen molar-refractivity contribution >= 4 is 35.0 Å². The van der Waals surface area contributed by atoms with Crippen molar-refractivity contribution in [2.24, 2.45) is 0 Å². The summed E-state index contributed by atoms with van der Waals surface area (Å²) in [7, 11) is 0. The van der Waals surface area contributed by atoms with Gasteiger partial charge in [-0.25, -0.2) is 0 Å². The van der Waals surface area contributed by atoms with Crippen LogP contribution >= 0.6 is 23.2 Å². The molecule has 0 aromatic heterocycles. The van der Waals surface area contributed by atoms with E-state index in [9.17, 15) is 9.59 Å². The SMILES string of the molecule is CCCNC(=O)[C@@H]1COC2(CCCCC2)N1C(=O)c1ccc(Cl)c(Cl)c1. The molecule has 142 valence electrons. The molecule has 1 aromatic rings. The lowest BCUT2D eigenvalue weighted by Crippen LogP contribution is -2.56. The Labute approximate surface area is 164 Å². The maximum Gasteiger partial charge on any atom is 0.256 e. The van der Waals surface area contributed by atoms with E-state index in [1.54, 1.807) is 23.1 Å². The van der Waals surface area contributed by atoms with Crippen LogP contribution in [-0.4, -0.2) is 41.6 Å². The standard InChI is InChI=1S/C19H24Cl2N2O3/c1-2-10-22-17(24)16-12-26-19(8-4-3-5-9-19)23(16)18(25)13-6-7-14(20)15(21)11-13/h6-7,11,16H,2-5,8-10,12H2,1H3,(H,22,24)/t16-/m0/s1. The van der Waals surface area contributed by atoms with Crippen LogP contribution < -0.4 is 5.32 Å². The van der Waals surface area contributed by atoms with Crippen molar-refractivity contribution in [3.8, 4) is 0 Å². The number of benzene rings is 1. The van der Waals surface area contributed by atoms with E-state index in [1.165, 1.54) is 0 Å². The monoisotopic (exact) mass is 398 g/mol. The van der Waals surface area contributed by atoms with Crippen molar-refractivity contribution in [3.05, 3.63) is 33.8 Å². The van der Waals surface area contributed by atoms with E-state index in [0.29, 0.717) is 22.2 Å². The summed E-state index contributed by atoms with van der Waals surface area (Å²) >= 11 is 12.1. The molecule has 2 fully saturated rings. The molecule has 7 heteroatoms. The molecule has 1 aromatic carbocycles. The van der Waals surface area contributed by atoms with Gasteiger partial charge in [0.05, 0.1) is 16.7 Å². The number of nitrogens with one attached hydrogen (secondary N) is 1. The van der Waals surface area contributed by atoms with E-state index >= 15 is 0 Å². The molecule has 1 aliphatic carbocycles. The topological polar surface area (TPSA) is 58.6 Å². The number of amides is 2. The lowest BCUT2D eigenvalue weighted by molar-refractivity contribution is -0.127. The van der Waals surface area contributed by atoms with E-state index in [0.717, 1.165) is 38.5 Å². The van der Waals surface area contributed by atoms with Gasteiger partial charge in [-0.05, 0) is 50.3 Å². The Kier molecular flexibility index (Phi) is 6.10. The third-order valence-electron chi connectivity index (χ3n) is 5.13. The smallest absolute Gasteiger partial charge is 0.256 e. The molecule has 0 radical (unpaired) electrons. The van der Waals surface area contributed by atoms with Gasteiger partial charge in [0.2, 0.25) is 5.91 Å². The number of ether oxygens (including phenoxy) is 1. The highest BCUT2D eigenvalue weighted by molar-refractivity contribution is 6.42. The minimum absolute atomic E-state index is 0.164. The van der Waals surface area contributed by atoms with E-state index in [1.807, 2.05) is 6.92 Å². The molecule has 26 heavy (non-hydrogen) atoms. The van der Waals surface area contributed by atoms with Gasteiger partial charge in [-0.15, -0.1) is 0 Å². The van der Waals surface area contributed by atoms with Gasteiger partial charge in [-0.3, -0.25) is 14.5 Å². The van der Waals surface area contributed by atoms with Crippen molar-refractivity contribution in [1.29, 1.82) is 0 Å². The summed E-state index contributed by atoms with van der Waals surface area (Å²) in [6.45, 7) is 2.80. The number of carbonyl (C=O) groups is 2. The van der Waals surface area contributed by atoms with Gasteiger partial charge in [0.15, 0.2) is 0 Å². The third kappa shape index (κ3) is 3.71. The molecule has 0 unspecified atom stereocenters. The summed E-state index contributed by atoms with van der Waals surface area (Å²) in [6.07, 6.45) is 5.41. The maximum atomic E-state index is 13.3. The average Bonchev–Trinajstić information content (AvgIpc) is 3.00. The Hall–Kier alpha value is -1.30. The molecule has 3 rings (SSSR count). The van der Waals surface area contributed by atoms with E-state index in [2.05, 4.69) is 5.32 Å². The number of hydrogen-bond acceptors (Lipinski definition) is 3. The summed E-state index contributed by atoms with van der Waals surface area (Å²) in [5.41, 5.74) is -0.279. The zero-order chi connectivity index (χ0) is 18.7. The van der Waals surface area contributed by atoms with Crippen LogP contribution in [0.3, 0.4) is 0 Å². The van der Waals surface area contributed by atoms with Crippen LogP contribution in [0.5, 0.6) is 0 Å². The molecular formula is C19H24Cl2N2O3. The van der Waals surface area contributed by atoms with Gasteiger partial charge < -0.3 is 10.1 Å². The minimum atomic E-state index is -0.699. The first-order valence-corrected chi connectivity index (χ1v) is 9.94. The fourth-order valence-electron chi connectivity index (χ4n) is 3.81. The number of hydrogen-bond donors (Lipinski definition) is 1. The molecule has 2 amide bonds. The van der Waals surface area contributed by atoms with E-state index in [4.69, 9.17) is 27.9 Å². The van der Waals surface area contributed by atoms with Gasteiger partial charge in [0.25, 0.3) is 5.91 Å². The number of nitrogens with zero attached hydrogens (tertiary/aromatic N) is 1. The van der Waals surface area contributed by atoms with Crippen molar-refractivity contribution in [2.45, 2.75) is 57.2 Å². The fourth-order valence-corrected chi connectivity index (χ4v) is 4.10. The molecule has 2 aliphatic rings. The third-order valence-corrected chi connectivity index (χ3v) is 5.87. The summed E-state index contributed by atoms with van der Waals surface area (Å²) in [4.78, 5) is 27.7. The molecule has 1 heterocycles. The van der Waals surface area contributed by atoms with Gasteiger partial charge in [0, 0.05) is 12.1 Å². The molecular weight excluding hydrogens is 375 g/mol. The normalized spacial score (nSPS) is 21.8. The van der Waals surface area contributed by atoms with Gasteiger partial charge in [0.1, 0.15) is 11.8 Å². The number of rotatable bonds is 4. The second-order valence-electron chi connectivity index (χ2n) is 6.93. The summed E-state index contributed by atoms with van der Waals surface area (Å²) in [5.74, 6) is -0.401. The molecule has 0 bridgehead atoms. The first-order valence-electron chi connectivity index (χ1n) is 9.19. The molecule has 1 saturated carbocycles. The first-order chi connectivity index (χ1) is 12.5. The van der Waals surface area contributed by atoms with Crippen LogP contribution in [0.15, 0.2) is 18.2 Å². The lowest BCUT2D eigenvalue weighted by Gasteiger charge is -2.41. The largest absolute Gasteiger partial charge is 0.354 e. The zero-order valence-corrected chi connectivity index (χ0v) is 16.4. The Morgan fingerprint density at radius 3 is 2.62 bits per heavy atom. The second-order valence-corrected chi connectivity index (χ2v) is 7.74. The van der Waals surface area contributed by atoms with Crippen molar-refractivity contribution in [1.82, 2.24) is 10.2 Å². The van der Waals surface area contributed by atoms with Crippen LogP contribution in [0.4, 0.5) is 0 Å². The minimum Gasteiger partial charge on any atom is -0.354 e. The first kappa shape index (κ1) is 19.5. The van der Waals surface area contributed by atoms with Crippen LogP contribution in [0.25, 0.3) is 0 Å². The number of carbonyl (C=O) groups excluding carboxylic acids is 2. The molecule has 1 atom stereocenters. The quantitative estimate of drug-likeness (QED) is 0.832. The highest BCUT2D eigenvalue weighted by Gasteiger charge is 2.52. The Morgan fingerprint density at radius 1 is 1.23 bits per heavy atom. The van der Waals surface area contributed by atoms with Crippen LogP contribution in [0, 0.1) is 0 Å². The van der Waals surface area contributed by atoms with Crippen molar-refractivity contribution < 1.29 is 14.3 Å². The zero-order valence-electron chi connectivity index (χ0n) is 14.9. The van der Waals surface area contributed by atoms with Gasteiger partial charge in [-0.1, -0.05) is 36.5 Å². The highest BCUT2D eigenvalue weighted by atomic mass is 35.5. The van der Waals surface area contributed by atoms with Crippen LogP contribution in [0.2, 0.25) is 10.0 Å². The second kappa shape index (κ2) is 8.15. The maximum absolute atomic E-state index is 13.3.